The van der Waals surface area contributed by atoms with Crippen LogP contribution in [0.3, 0.4) is 0 Å². The summed E-state index contributed by atoms with van der Waals surface area (Å²) in [6.45, 7) is 6.63. The van der Waals surface area contributed by atoms with E-state index in [-0.39, 0.29) is 12.3 Å². The predicted octanol–water partition coefficient (Wildman–Crippen LogP) is 1.95. The van der Waals surface area contributed by atoms with E-state index in [0.29, 0.717) is 0 Å². The summed E-state index contributed by atoms with van der Waals surface area (Å²) in [5.74, 6) is 0. The van der Waals surface area contributed by atoms with E-state index in [0.717, 1.165) is 13.0 Å². The largest absolute Gasteiger partial charge is 0.444 e. The summed E-state index contributed by atoms with van der Waals surface area (Å²) in [5.41, 5.74) is -0.417. The first-order valence-electron chi connectivity index (χ1n) is 5.59. The van der Waals surface area contributed by atoms with Crippen molar-refractivity contribution >= 4 is 6.09 Å². The maximum Gasteiger partial charge on any atom is 0.411 e. The number of piperidine rings is 1. The van der Waals surface area contributed by atoms with Crippen molar-refractivity contribution in [3.8, 4) is 0 Å². The van der Waals surface area contributed by atoms with Crippen LogP contribution in [0.5, 0.6) is 0 Å². The van der Waals surface area contributed by atoms with Crippen molar-refractivity contribution in [1.29, 1.82) is 0 Å². The molecule has 1 heterocycles. The Morgan fingerprint density at radius 1 is 1.40 bits per heavy atom. The molecule has 0 saturated carbocycles. The summed E-state index contributed by atoms with van der Waals surface area (Å²) < 4.78 is 5.30. The Kier molecular flexibility index (Phi) is 3.97. The third-order valence-corrected chi connectivity index (χ3v) is 2.43. The average molecular weight is 214 g/mol. The van der Waals surface area contributed by atoms with Gasteiger partial charge in [-0.3, -0.25) is 10.2 Å². The van der Waals surface area contributed by atoms with Gasteiger partial charge in [0.25, 0.3) is 0 Å². The summed E-state index contributed by atoms with van der Waals surface area (Å²) in [6.07, 6.45) is 3.26. The second-order valence-corrected chi connectivity index (χ2v) is 5.06. The van der Waals surface area contributed by atoms with Gasteiger partial charge in [0.1, 0.15) is 5.60 Å². The SMILES string of the molecule is CN(C(=O)OC(C)(C)C)[C@@H]1CCCCN1. The molecule has 1 N–H and O–H groups in total. The number of hydrogen-bond donors (Lipinski definition) is 1. The molecular weight excluding hydrogens is 192 g/mol. The van der Waals surface area contributed by atoms with Crippen molar-refractivity contribution < 1.29 is 9.53 Å². The minimum atomic E-state index is -0.417. The third-order valence-electron chi connectivity index (χ3n) is 2.43. The molecule has 1 amide bonds. The molecule has 0 aromatic heterocycles. The third kappa shape index (κ3) is 4.08. The van der Waals surface area contributed by atoms with E-state index in [1.54, 1.807) is 11.9 Å². The van der Waals surface area contributed by atoms with Gasteiger partial charge in [-0.15, -0.1) is 0 Å². The number of nitrogens with zero attached hydrogens (tertiary/aromatic N) is 1. The van der Waals surface area contributed by atoms with E-state index in [9.17, 15) is 4.79 Å². The first-order chi connectivity index (χ1) is 6.90. The molecule has 0 unspecified atom stereocenters. The van der Waals surface area contributed by atoms with E-state index in [1.165, 1.54) is 12.8 Å². The number of ether oxygens (including phenoxy) is 1. The van der Waals surface area contributed by atoms with Gasteiger partial charge in [0.05, 0.1) is 6.17 Å². The molecule has 1 aliphatic rings. The Morgan fingerprint density at radius 3 is 2.53 bits per heavy atom. The highest BCUT2D eigenvalue weighted by Gasteiger charge is 2.25. The molecule has 0 aliphatic carbocycles. The van der Waals surface area contributed by atoms with Crippen molar-refractivity contribution in [2.75, 3.05) is 13.6 Å². The lowest BCUT2D eigenvalue weighted by molar-refractivity contribution is 0.0163. The minimum absolute atomic E-state index is 0.133. The van der Waals surface area contributed by atoms with Crippen molar-refractivity contribution in [3.63, 3.8) is 0 Å². The highest BCUT2D eigenvalue weighted by Crippen LogP contribution is 2.14. The maximum absolute atomic E-state index is 11.7. The lowest BCUT2D eigenvalue weighted by Gasteiger charge is -2.33. The van der Waals surface area contributed by atoms with Gasteiger partial charge in [-0.25, -0.2) is 4.79 Å². The van der Waals surface area contributed by atoms with Crippen LogP contribution in [0.25, 0.3) is 0 Å². The second kappa shape index (κ2) is 4.84. The molecule has 1 fully saturated rings. The number of nitrogens with one attached hydrogen (secondary N) is 1. The fraction of sp³-hybridized carbons (Fsp3) is 0.909. The topological polar surface area (TPSA) is 41.6 Å². The molecule has 4 nitrogen and oxygen atoms in total. The molecule has 1 saturated heterocycles. The average Bonchev–Trinajstić information content (AvgIpc) is 2.15. The van der Waals surface area contributed by atoms with Crippen LogP contribution in [0, 0.1) is 0 Å². The minimum Gasteiger partial charge on any atom is -0.444 e. The molecule has 0 aromatic rings. The van der Waals surface area contributed by atoms with E-state index in [2.05, 4.69) is 5.32 Å². The summed E-state index contributed by atoms with van der Waals surface area (Å²) in [5, 5.41) is 3.31. The fourth-order valence-electron chi connectivity index (χ4n) is 1.63. The van der Waals surface area contributed by atoms with Gasteiger partial charge in [0, 0.05) is 7.05 Å². The van der Waals surface area contributed by atoms with Crippen LogP contribution >= 0.6 is 0 Å². The van der Waals surface area contributed by atoms with Crippen molar-refractivity contribution in [3.05, 3.63) is 0 Å². The normalized spacial score (nSPS) is 22.3. The van der Waals surface area contributed by atoms with Gasteiger partial charge in [-0.05, 0) is 46.6 Å². The highest BCUT2D eigenvalue weighted by atomic mass is 16.6. The Balaban J connectivity index is 2.44. The molecule has 1 aliphatic heterocycles. The van der Waals surface area contributed by atoms with Gasteiger partial charge < -0.3 is 4.74 Å². The molecule has 0 bridgehead atoms. The van der Waals surface area contributed by atoms with Crippen LogP contribution in [0.4, 0.5) is 4.79 Å². The van der Waals surface area contributed by atoms with E-state index < -0.39 is 5.60 Å². The Hall–Kier alpha value is -0.770. The number of carbonyl (C=O) groups excluding carboxylic acids is 1. The van der Waals surface area contributed by atoms with E-state index in [4.69, 9.17) is 4.74 Å². The fourth-order valence-corrected chi connectivity index (χ4v) is 1.63. The van der Waals surface area contributed by atoms with Crippen LogP contribution in [0.15, 0.2) is 0 Å². The van der Waals surface area contributed by atoms with Crippen LogP contribution < -0.4 is 5.32 Å². The van der Waals surface area contributed by atoms with Crippen molar-refractivity contribution in [1.82, 2.24) is 10.2 Å². The molecule has 0 radical (unpaired) electrons. The maximum atomic E-state index is 11.7. The van der Waals surface area contributed by atoms with Gasteiger partial charge >= 0.3 is 6.09 Å². The molecule has 1 atom stereocenters. The Labute approximate surface area is 92.0 Å². The summed E-state index contributed by atoms with van der Waals surface area (Å²) >= 11 is 0. The number of amides is 1. The Bertz CT molecular complexity index is 217. The van der Waals surface area contributed by atoms with Gasteiger partial charge in [-0.1, -0.05) is 0 Å². The number of hydrogen-bond acceptors (Lipinski definition) is 3. The zero-order valence-corrected chi connectivity index (χ0v) is 10.2. The van der Waals surface area contributed by atoms with Crippen LogP contribution in [0.1, 0.15) is 40.0 Å². The summed E-state index contributed by atoms with van der Waals surface area (Å²) in [4.78, 5) is 13.4. The first kappa shape index (κ1) is 12.3. The lowest BCUT2D eigenvalue weighted by Crippen LogP contribution is -2.50. The second-order valence-electron chi connectivity index (χ2n) is 5.06. The highest BCUT2D eigenvalue weighted by molar-refractivity contribution is 5.68. The molecular formula is C11H22N2O2. The standard InChI is InChI=1S/C11H22N2O2/c1-11(2,3)15-10(14)13(4)9-7-5-6-8-12-9/h9,12H,5-8H2,1-4H3/t9-/m1/s1. The zero-order chi connectivity index (χ0) is 11.5. The van der Waals surface area contributed by atoms with Gasteiger partial charge in [0.2, 0.25) is 0 Å². The summed E-state index contributed by atoms with van der Waals surface area (Å²) in [6, 6.07) is 0. The van der Waals surface area contributed by atoms with Crippen LogP contribution in [-0.4, -0.2) is 36.4 Å². The van der Waals surface area contributed by atoms with Crippen molar-refractivity contribution in [2.24, 2.45) is 0 Å². The van der Waals surface area contributed by atoms with Crippen LogP contribution in [-0.2, 0) is 4.74 Å². The van der Waals surface area contributed by atoms with Crippen LogP contribution in [0.2, 0.25) is 0 Å². The molecule has 15 heavy (non-hydrogen) atoms. The Morgan fingerprint density at radius 2 is 2.07 bits per heavy atom. The number of carbonyl (C=O) groups is 1. The van der Waals surface area contributed by atoms with Gasteiger partial charge in [-0.2, -0.15) is 0 Å². The van der Waals surface area contributed by atoms with Crippen molar-refractivity contribution in [2.45, 2.75) is 51.8 Å². The molecule has 0 aromatic carbocycles. The number of rotatable bonds is 1. The predicted molar refractivity (Wildman–Crippen MR) is 59.6 cm³/mol. The smallest absolute Gasteiger partial charge is 0.411 e. The molecule has 4 heteroatoms. The quantitative estimate of drug-likeness (QED) is 0.725. The molecule has 0 spiro atoms. The zero-order valence-electron chi connectivity index (χ0n) is 10.2. The van der Waals surface area contributed by atoms with E-state index >= 15 is 0 Å². The molecule has 88 valence electrons. The van der Waals surface area contributed by atoms with E-state index in [1.807, 2.05) is 20.8 Å². The first-order valence-corrected chi connectivity index (χ1v) is 5.59. The van der Waals surface area contributed by atoms with Gasteiger partial charge in [0.15, 0.2) is 0 Å². The monoisotopic (exact) mass is 214 g/mol. The lowest BCUT2D eigenvalue weighted by atomic mass is 10.1. The molecule has 1 rings (SSSR count). The summed E-state index contributed by atoms with van der Waals surface area (Å²) in [7, 11) is 1.79.